The molecule has 0 spiro atoms. The molecule has 0 aliphatic rings. The van der Waals surface area contributed by atoms with Crippen molar-refractivity contribution in [1.82, 2.24) is 0 Å². The Morgan fingerprint density at radius 1 is 0.750 bits per heavy atom. The van der Waals surface area contributed by atoms with Crippen molar-refractivity contribution in [1.29, 1.82) is 0 Å². The van der Waals surface area contributed by atoms with Gasteiger partial charge in [-0.05, 0) is 35.2 Å². The zero-order valence-electron chi connectivity index (χ0n) is 13.3. The van der Waals surface area contributed by atoms with Crippen molar-refractivity contribution in [3.05, 3.63) is 72.3 Å². The van der Waals surface area contributed by atoms with Crippen LogP contribution < -0.4 is 0 Å². The Labute approximate surface area is 138 Å². The maximum Gasteiger partial charge on any atom is 0.143 e. The quantitative estimate of drug-likeness (QED) is 0.415. The molecular weight excluding hydrogens is 296 g/mol. The fourth-order valence-corrected chi connectivity index (χ4v) is 3.69. The Morgan fingerprint density at radius 2 is 1.46 bits per heavy atom. The van der Waals surface area contributed by atoms with Crippen molar-refractivity contribution >= 4 is 43.5 Å². The molecule has 0 radical (unpaired) electrons. The zero-order chi connectivity index (χ0) is 16.3. The average Bonchev–Trinajstić information content (AvgIpc) is 3.01. The number of aliphatic hydroxyl groups excluding tert-OH is 1. The van der Waals surface area contributed by atoms with Gasteiger partial charge in [0.25, 0.3) is 0 Å². The van der Waals surface area contributed by atoms with Crippen LogP contribution in [-0.4, -0.2) is 5.11 Å². The lowest BCUT2D eigenvalue weighted by Crippen LogP contribution is -1.92. The van der Waals surface area contributed by atoms with Gasteiger partial charge in [0.15, 0.2) is 0 Å². The molecular formula is C22H16O2. The lowest BCUT2D eigenvalue weighted by atomic mass is 9.97. The van der Waals surface area contributed by atoms with Crippen LogP contribution in [0.4, 0.5) is 0 Å². The van der Waals surface area contributed by atoms with Crippen LogP contribution in [0.2, 0.25) is 0 Å². The van der Waals surface area contributed by atoms with Crippen LogP contribution in [0.1, 0.15) is 18.6 Å². The van der Waals surface area contributed by atoms with Gasteiger partial charge in [0.05, 0.1) is 6.10 Å². The molecule has 4 aromatic carbocycles. The highest BCUT2D eigenvalue weighted by molar-refractivity contribution is 6.23. The molecule has 2 nitrogen and oxygen atoms in total. The molecule has 0 bridgehead atoms. The zero-order valence-corrected chi connectivity index (χ0v) is 13.3. The second kappa shape index (κ2) is 4.83. The van der Waals surface area contributed by atoms with Crippen LogP contribution in [0.3, 0.4) is 0 Å². The normalized spacial score (nSPS) is 13.2. The molecule has 1 aromatic heterocycles. The Bertz CT molecular complexity index is 1230. The first-order valence-electron chi connectivity index (χ1n) is 8.18. The summed E-state index contributed by atoms with van der Waals surface area (Å²) in [4.78, 5) is 0. The summed E-state index contributed by atoms with van der Waals surface area (Å²) in [6, 6.07) is 22.8. The standard InChI is InChI=1S/C22H16O2/c1-13(23)19-12-15-7-3-4-8-16(15)20-18-11-10-14-6-2-5-9-17(14)21(18)24-22(19)20/h2-13,23H,1H3. The molecule has 116 valence electrons. The molecule has 0 fully saturated rings. The first kappa shape index (κ1) is 13.6. The second-order valence-corrected chi connectivity index (χ2v) is 6.33. The van der Waals surface area contributed by atoms with Gasteiger partial charge < -0.3 is 9.52 Å². The van der Waals surface area contributed by atoms with Crippen molar-refractivity contribution in [3.63, 3.8) is 0 Å². The van der Waals surface area contributed by atoms with Gasteiger partial charge in [-0.25, -0.2) is 0 Å². The molecule has 5 aromatic rings. The molecule has 0 amide bonds. The van der Waals surface area contributed by atoms with Crippen molar-refractivity contribution in [3.8, 4) is 0 Å². The van der Waals surface area contributed by atoms with Crippen LogP contribution in [0.15, 0.2) is 71.1 Å². The molecule has 0 aliphatic carbocycles. The summed E-state index contributed by atoms with van der Waals surface area (Å²) >= 11 is 0. The van der Waals surface area contributed by atoms with Crippen molar-refractivity contribution in [2.75, 3.05) is 0 Å². The van der Waals surface area contributed by atoms with E-state index in [0.29, 0.717) is 0 Å². The van der Waals surface area contributed by atoms with Gasteiger partial charge in [0.1, 0.15) is 11.2 Å². The highest BCUT2D eigenvalue weighted by atomic mass is 16.3. The third kappa shape index (κ3) is 1.75. The topological polar surface area (TPSA) is 33.4 Å². The van der Waals surface area contributed by atoms with E-state index >= 15 is 0 Å². The lowest BCUT2D eigenvalue weighted by Gasteiger charge is -2.08. The van der Waals surface area contributed by atoms with Gasteiger partial charge in [-0.15, -0.1) is 0 Å². The van der Waals surface area contributed by atoms with E-state index in [1.807, 2.05) is 30.3 Å². The van der Waals surface area contributed by atoms with Crippen molar-refractivity contribution < 1.29 is 9.52 Å². The van der Waals surface area contributed by atoms with Crippen LogP contribution in [0.25, 0.3) is 43.5 Å². The first-order chi connectivity index (χ1) is 11.7. The summed E-state index contributed by atoms with van der Waals surface area (Å²) in [5, 5.41) is 17.0. The number of rotatable bonds is 1. The van der Waals surface area contributed by atoms with Crippen molar-refractivity contribution in [2.24, 2.45) is 0 Å². The highest BCUT2D eigenvalue weighted by Crippen LogP contribution is 2.41. The smallest absolute Gasteiger partial charge is 0.143 e. The number of hydrogen-bond acceptors (Lipinski definition) is 2. The molecule has 0 aliphatic heterocycles. The third-order valence-electron chi connectivity index (χ3n) is 4.83. The predicted octanol–water partition coefficient (Wildman–Crippen LogP) is 5.95. The van der Waals surface area contributed by atoms with Crippen molar-refractivity contribution in [2.45, 2.75) is 13.0 Å². The van der Waals surface area contributed by atoms with Gasteiger partial charge in [0, 0.05) is 21.7 Å². The SMILES string of the molecule is CC(O)c1cc2ccccc2c2c1oc1c3ccccc3ccc12. The van der Waals surface area contributed by atoms with Crippen LogP contribution in [0.5, 0.6) is 0 Å². The lowest BCUT2D eigenvalue weighted by molar-refractivity contribution is 0.200. The molecule has 1 N–H and O–H groups in total. The van der Waals surface area contributed by atoms with Crippen LogP contribution >= 0.6 is 0 Å². The van der Waals surface area contributed by atoms with Gasteiger partial charge in [0.2, 0.25) is 0 Å². The summed E-state index contributed by atoms with van der Waals surface area (Å²) in [7, 11) is 0. The average molecular weight is 312 g/mol. The molecule has 0 saturated heterocycles. The van der Waals surface area contributed by atoms with E-state index < -0.39 is 6.10 Å². The molecule has 1 unspecified atom stereocenters. The fourth-order valence-electron chi connectivity index (χ4n) is 3.69. The number of fused-ring (bicyclic) bond motifs is 7. The number of hydrogen-bond donors (Lipinski definition) is 1. The van der Waals surface area contributed by atoms with Crippen LogP contribution in [-0.2, 0) is 0 Å². The summed E-state index contributed by atoms with van der Waals surface area (Å²) in [5.41, 5.74) is 2.51. The van der Waals surface area contributed by atoms with E-state index in [-0.39, 0.29) is 0 Å². The Morgan fingerprint density at radius 3 is 2.25 bits per heavy atom. The summed E-state index contributed by atoms with van der Waals surface area (Å²) in [6.07, 6.45) is -0.580. The summed E-state index contributed by atoms with van der Waals surface area (Å²) in [6.45, 7) is 1.79. The van der Waals surface area contributed by atoms with E-state index in [1.165, 1.54) is 0 Å². The molecule has 24 heavy (non-hydrogen) atoms. The second-order valence-electron chi connectivity index (χ2n) is 6.33. The molecule has 2 heteroatoms. The minimum atomic E-state index is -0.580. The van der Waals surface area contributed by atoms with E-state index in [9.17, 15) is 5.11 Å². The van der Waals surface area contributed by atoms with Crippen LogP contribution in [0, 0.1) is 0 Å². The Balaban J connectivity index is 2.10. The van der Waals surface area contributed by atoms with Gasteiger partial charge >= 0.3 is 0 Å². The monoisotopic (exact) mass is 312 g/mol. The highest BCUT2D eigenvalue weighted by Gasteiger charge is 2.18. The largest absolute Gasteiger partial charge is 0.455 e. The molecule has 5 rings (SSSR count). The number of furan rings is 1. The number of benzene rings is 4. The van der Waals surface area contributed by atoms with Gasteiger partial charge in [-0.3, -0.25) is 0 Å². The minimum Gasteiger partial charge on any atom is -0.455 e. The Hall–Kier alpha value is -2.84. The van der Waals surface area contributed by atoms with E-state index in [2.05, 4.69) is 36.4 Å². The first-order valence-corrected chi connectivity index (χ1v) is 8.18. The number of aliphatic hydroxyl groups is 1. The Kier molecular flexibility index (Phi) is 2.73. The molecule has 0 saturated carbocycles. The summed E-state index contributed by atoms with van der Waals surface area (Å²) in [5.74, 6) is 0. The predicted molar refractivity (Wildman–Crippen MR) is 99.4 cm³/mol. The maximum absolute atomic E-state index is 10.3. The van der Waals surface area contributed by atoms with Gasteiger partial charge in [-0.1, -0.05) is 54.6 Å². The molecule has 1 atom stereocenters. The maximum atomic E-state index is 10.3. The van der Waals surface area contributed by atoms with E-state index in [0.717, 1.165) is 49.0 Å². The fraction of sp³-hybridized carbons (Fsp3) is 0.0909. The van der Waals surface area contributed by atoms with Gasteiger partial charge in [-0.2, -0.15) is 0 Å². The summed E-state index contributed by atoms with van der Waals surface area (Å²) < 4.78 is 6.31. The third-order valence-corrected chi connectivity index (χ3v) is 4.83. The molecule has 1 heterocycles. The van der Waals surface area contributed by atoms with E-state index in [4.69, 9.17) is 4.42 Å². The minimum absolute atomic E-state index is 0.580. The van der Waals surface area contributed by atoms with E-state index in [1.54, 1.807) is 6.92 Å².